The van der Waals surface area contributed by atoms with E-state index in [0.717, 1.165) is 31.0 Å². The maximum absolute atomic E-state index is 5.72. The van der Waals surface area contributed by atoms with Gasteiger partial charge < -0.3 is 15.4 Å². The fraction of sp³-hybridized carbons (Fsp3) is 0.600. The molecule has 4 heteroatoms. The van der Waals surface area contributed by atoms with Crippen LogP contribution in [0.3, 0.4) is 0 Å². The molecule has 0 amide bonds. The van der Waals surface area contributed by atoms with E-state index >= 15 is 0 Å². The molecule has 0 unspecified atom stereocenters. The van der Waals surface area contributed by atoms with E-state index in [2.05, 4.69) is 30.5 Å². The molecule has 0 spiro atoms. The molecular formula is C15H24N2OS. The lowest BCUT2D eigenvalue weighted by Gasteiger charge is -2.37. The summed E-state index contributed by atoms with van der Waals surface area (Å²) < 4.78 is 6.11. The molecule has 2 rings (SSSR count). The van der Waals surface area contributed by atoms with Gasteiger partial charge in [0, 0.05) is 41.9 Å². The van der Waals surface area contributed by atoms with Crippen LogP contribution in [0.2, 0.25) is 0 Å². The first-order valence-electron chi connectivity index (χ1n) is 6.90. The third-order valence-electron chi connectivity index (χ3n) is 3.25. The Kier molecular flexibility index (Phi) is 4.99. The predicted molar refractivity (Wildman–Crippen MR) is 83.9 cm³/mol. The molecule has 0 atom stereocenters. The van der Waals surface area contributed by atoms with Gasteiger partial charge in [0.25, 0.3) is 0 Å². The van der Waals surface area contributed by atoms with Gasteiger partial charge in [0.15, 0.2) is 0 Å². The zero-order valence-corrected chi connectivity index (χ0v) is 12.7. The quantitative estimate of drug-likeness (QED) is 0.665. The number of ether oxygens (including phenoxy) is 1. The highest BCUT2D eigenvalue weighted by Crippen LogP contribution is 2.29. The number of hydrogen-bond donors (Lipinski definition) is 1. The van der Waals surface area contributed by atoms with Gasteiger partial charge in [-0.2, -0.15) is 11.8 Å². The molecule has 1 fully saturated rings. The van der Waals surface area contributed by atoms with Gasteiger partial charge in [-0.25, -0.2) is 0 Å². The van der Waals surface area contributed by atoms with Crippen molar-refractivity contribution in [2.24, 2.45) is 0 Å². The van der Waals surface area contributed by atoms with Crippen LogP contribution in [0.15, 0.2) is 24.3 Å². The molecule has 0 radical (unpaired) electrons. The van der Waals surface area contributed by atoms with Gasteiger partial charge in [0.05, 0.1) is 6.61 Å². The molecule has 0 bridgehead atoms. The first kappa shape index (κ1) is 14.5. The number of nitrogens with zero attached hydrogens (tertiary/aromatic N) is 1. The Balaban J connectivity index is 1.67. The molecule has 2 N–H and O–H groups in total. The number of benzene rings is 1. The lowest BCUT2D eigenvalue weighted by molar-refractivity contribution is 0.226. The van der Waals surface area contributed by atoms with Gasteiger partial charge in [-0.1, -0.05) is 6.07 Å². The smallest absolute Gasteiger partial charge is 0.121 e. The first-order chi connectivity index (χ1) is 9.05. The van der Waals surface area contributed by atoms with Crippen LogP contribution in [0.4, 0.5) is 5.69 Å². The van der Waals surface area contributed by atoms with E-state index in [1.165, 1.54) is 18.8 Å². The second-order valence-corrected chi connectivity index (χ2v) is 7.46. The average Bonchev–Trinajstić information content (AvgIpc) is 2.34. The fourth-order valence-electron chi connectivity index (χ4n) is 2.39. The van der Waals surface area contributed by atoms with Gasteiger partial charge in [0.1, 0.15) is 5.75 Å². The van der Waals surface area contributed by atoms with Crippen molar-refractivity contribution in [1.29, 1.82) is 0 Å². The van der Waals surface area contributed by atoms with Gasteiger partial charge in [0.2, 0.25) is 0 Å². The highest BCUT2D eigenvalue weighted by molar-refractivity contribution is 8.00. The average molecular weight is 280 g/mol. The van der Waals surface area contributed by atoms with Crippen LogP contribution in [0.5, 0.6) is 5.75 Å². The van der Waals surface area contributed by atoms with Crippen molar-refractivity contribution in [3.8, 4) is 5.75 Å². The largest absolute Gasteiger partial charge is 0.493 e. The zero-order chi connectivity index (χ0) is 13.7. The third-order valence-corrected chi connectivity index (χ3v) is 4.55. The molecular weight excluding hydrogens is 256 g/mol. The van der Waals surface area contributed by atoms with Crippen molar-refractivity contribution in [3.63, 3.8) is 0 Å². The molecule has 0 aromatic heterocycles. The van der Waals surface area contributed by atoms with Crippen molar-refractivity contribution in [3.05, 3.63) is 24.3 Å². The molecule has 106 valence electrons. The minimum absolute atomic E-state index is 0.396. The molecule has 3 nitrogen and oxygen atoms in total. The number of rotatable bonds is 5. The summed E-state index contributed by atoms with van der Waals surface area (Å²) in [6.45, 7) is 8.91. The van der Waals surface area contributed by atoms with E-state index in [-0.39, 0.29) is 0 Å². The van der Waals surface area contributed by atoms with E-state index in [1.807, 2.05) is 24.3 Å². The standard InChI is InChI=1S/C15H24N2OS/c1-15(2)12-17(8-10-19-15)7-4-9-18-14-6-3-5-13(16)11-14/h3,5-6,11H,4,7-10,12,16H2,1-2H3. The Hall–Kier alpha value is -0.870. The molecule has 1 aliphatic rings. The lowest BCUT2D eigenvalue weighted by Crippen LogP contribution is -2.43. The van der Waals surface area contributed by atoms with Crippen molar-refractivity contribution >= 4 is 17.4 Å². The van der Waals surface area contributed by atoms with Crippen LogP contribution in [0.1, 0.15) is 20.3 Å². The second kappa shape index (κ2) is 6.53. The summed E-state index contributed by atoms with van der Waals surface area (Å²) in [6, 6.07) is 7.63. The molecule has 19 heavy (non-hydrogen) atoms. The third kappa shape index (κ3) is 4.96. The Morgan fingerprint density at radius 1 is 1.42 bits per heavy atom. The summed E-state index contributed by atoms with van der Waals surface area (Å²) in [4.78, 5) is 2.54. The molecule has 0 aliphatic carbocycles. The van der Waals surface area contributed by atoms with Gasteiger partial charge in [-0.15, -0.1) is 0 Å². The van der Waals surface area contributed by atoms with Crippen LogP contribution in [0.25, 0.3) is 0 Å². The SMILES string of the molecule is CC1(C)CN(CCCOc2cccc(N)c2)CCS1. The van der Waals surface area contributed by atoms with E-state index in [9.17, 15) is 0 Å². The number of hydrogen-bond acceptors (Lipinski definition) is 4. The molecule has 1 aromatic rings. The molecule has 1 heterocycles. The second-order valence-electron chi connectivity index (χ2n) is 5.66. The van der Waals surface area contributed by atoms with Crippen molar-refractivity contribution < 1.29 is 4.74 Å². The Bertz CT molecular complexity index is 409. The summed E-state index contributed by atoms with van der Waals surface area (Å²) in [7, 11) is 0. The molecule has 1 saturated heterocycles. The van der Waals surface area contributed by atoms with Gasteiger partial charge >= 0.3 is 0 Å². The number of nitrogen functional groups attached to an aromatic ring is 1. The minimum atomic E-state index is 0.396. The van der Waals surface area contributed by atoms with Crippen LogP contribution < -0.4 is 10.5 Å². The summed E-state index contributed by atoms with van der Waals surface area (Å²) in [5.74, 6) is 2.11. The van der Waals surface area contributed by atoms with E-state index in [4.69, 9.17) is 10.5 Å². The first-order valence-corrected chi connectivity index (χ1v) is 7.88. The van der Waals surface area contributed by atoms with E-state index in [0.29, 0.717) is 4.75 Å². The van der Waals surface area contributed by atoms with E-state index < -0.39 is 0 Å². The summed E-state index contributed by atoms with van der Waals surface area (Å²) in [5, 5.41) is 0. The Morgan fingerprint density at radius 2 is 2.26 bits per heavy atom. The van der Waals surface area contributed by atoms with Crippen molar-refractivity contribution in [1.82, 2.24) is 4.90 Å². The van der Waals surface area contributed by atoms with E-state index in [1.54, 1.807) is 0 Å². The van der Waals surface area contributed by atoms with Gasteiger partial charge in [-0.3, -0.25) is 0 Å². The van der Waals surface area contributed by atoms with Crippen LogP contribution in [-0.2, 0) is 0 Å². The molecule has 0 saturated carbocycles. The maximum atomic E-state index is 5.72. The summed E-state index contributed by atoms with van der Waals surface area (Å²) >= 11 is 2.07. The van der Waals surface area contributed by atoms with Crippen LogP contribution >= 0.6 is 11.8 Å². The Morgan fingerprint density at radius 3 is 3.00 bits per heavy atom. The normalized spacial score (nSPS) is 19.3. The monoisotopic (exact) mass is 280 g/mol. The van der Waals surface area contributed by atoms with Gasteiger partial charge in [-0.05, 0) is 32.4 Å². The highest BCUT2D eigenvalue weighted by Gasteiger charge is 2.26. The maximum Gasteiger partial charge on any atom is 0.121 e. The fourth-order valence-corrected chi connectivity index (χ4v) is 3.56. The summed E-state index contributed by atoms with van der Waals surface area (Å²) in [5.41, 5.74) is 6.48. The Labute approximate surface area is 120 Å². The van der Waals surface area contributed by atoms with Crippen molar-refractivity contribution in [2.75, 3.05) is 37.7 Å². The minimum Gasteiger partial charge on any atom is -0.493 e. The zero-order valence-electron chi connectivity index (χ0n) is 11.9. The topological polar surface area (TPSA) is 38.5 Å². The number of nitrogens with two attached hydrogens (primary N) is 1. The number of thioether (sulfide) groups is 1. The van der Waals surface area contributed by atoms with Crippen molar-refractivity contribution in [2.45, 2.75) is 25.0 Å². The van der Waals surface area contributed by atoms with Crippen LogP contribution in [-0.4, -0.2) is 41.6 Å². The van der Waals surface area contributed by atoms with Crippen LogP contribution in [0, 0.1) is 0 Å². The summed E-state index contributed by atoms with van der Waals surface area (Å²) in [6.07, 6.45) is 1.07. The molecule has 1 aromatic carbocycles. The molecule has 1 aliphatic heterocycles. The lowest BCUT2D eigenvalue weighted by atomic mass is 10.2. The predicted octanol–water partition coefficient (Wildman–Crippen LogP) is 2.87. The highest BCUT2D eigenvalue weighted by atomic mass is 32.2. The number of anilines is 1.